The average molecular weight is 766 g/mol. The molecule has 4 nitrogen and oxygen atoms in total. The van der Waals surface area contributed by atoms with Crippen molar-refractivity contribution in [1.29, 1.82) is 0 Å². The summed E-state index contributed by atoms with van der Waals surface area (Å²) in [6.45, 7) is 4.57. The van der Waals surface area contributed by atoms with Crippen molar-refractivity contribution in [2.75, 3.05) is 0 Å². The van der Waals surface area contributed by atoms with Gasteiger partial charge in [-0.15, -0.1) is 0 Å². The van der Waals surface area contributed by atoms with E-state index in [4.69, 9.17) is 0 Å². The zero-order chi connectivity index (χ0) is 36.9. The topological polar surface area (TPSA) is 80.3 Å². The number of carbonyl (C=O) groups is 2. The van der Waals surface area contributed by atoms with Crippen LogP contribution in [0, 0.1) is 0 Å². The summed E-state index contributed by atoms with van der Waals surface area (Å²) in [6.07, 6.45) is 54.4. The summed E-state index contributed by atoms with van der Waals surface area (Å²) in [5.41, 5.74) is 0. The van der Waals surface area contributed by atoms with Gasteiger partial charge >= 0.3 is 16.8 Å². The van der Waals surface area contributed by atoms with Crippen molar-refractivity contribution in [1.82, 2.24) is 0 Å². The van der Waals surface area contributed by atoms with Crippen LogP contribution < -0.4 is 10.2 Å². The summed E-state index contributed by atoms with van der Waals surface area (Å²) in [5, 5.41) is 20.6. The molecule has 0 aromatic carbocycles. The van der Waals surface area contributed by atoms with E-state index in [0.29, 0.717) is 0 Å². The quantitative estimate of drug-likeness (QED) is 0.0580. The van der Waals surface area contributed by atoms with Gasteiger partial charge in [0.15, 0.2) is 0 Å². The maximum absolute atomic E-state index is 10.3. The molecular weight excluding hydrogens is 675 g/mol. The van der Waals surface area contributed by atoms with Gasteiger partial charge in [0, 0.05) is 11.9 Å². The van der Waals surface area contributed by atoms with Crippen LogP contribution in [-0.4, -0.2) is 11.9 Å². The number of aliphatic carboxylic acids is 2. The van der Waals surface area contributed by atoms with Crippen LogP contribution in [0.25, 0.3) is 0 Å². The number of unbranched alkanes of at least 4 members (excludes halogenated alkanes) is 38. The molecule has 0 bridgehead atoms. The SMILES string of the molecule is CCCCCCCCCCCCCCCCCCCCCCC(=O)[O-].CCCCCCCCCCCCCCCCCCCCCCC(=O)[O-].[Co+2]. The third-order valence-corrected chi connectivity index (χ3v) is 10.5. The first-order valence-corrected chi connectivity index (χ1v) is 22.9. The molecule has 0 N–H and O–H groups in total. The van der Waals surface area contributed by atoms with Crippen molar-refractivity contribution in [3.05, 3.63) is 0 Å². The Morgan fingerprint density at radius 1 is 0.255 bits per heavy atom. The first-order valence-electron chi connectivity index (χ1n) is 22.9. The van der Waals surface area contributed by atoms with E-state index in [-0.39, 0.29) is 29.6 Å². The molecule has 0 unspecified atom stereocenters. The predicted molar refractivity (Wildman–Crippen MR) is 215 cm³/mol. The van der Waals surface area contributed by atoms with Crippen LogP contribution in [0.4, 0.5) is 0 Å². The summed E-state index contributed by atoms with van der Waals surface area (Å²) in [5.74, 6) is -1.80. The van der Waals surface area contributed by atoms with Gasteiger partial charge in [-0.2, -0.15) is 0 Å². The predicted octanol–water partition coefficient (Wildman–Crippen LogP) is 13.9. The monoisotopic (exact) mass is 766 g/mol. The van der Waals surface area contributed by atoms with Gasteiger partial charge in [0.1, 0.15) is 0 Å². The average Bonchev–Trinajstić information content (AvgIpc) is 3.10. The molecule has 0 aliphatic rings. The van der Waals surface area contributed by atoms with Gasteiger partial charge in [0.05, 0.1) is 0 Å². The van der Waals surface area contributed by atoms with Crippen LogP contribution in [-0.2, 0) is 26.4 Å². The van der Waals surface area contributed by atoms with Crippen molar-refractivity contribution in [2.24, 2.45) is 0 Å². The van der Waals surface area contributed by atoms with E-state index in [2.05, 4.69) is 13.8 Å². The molecule has 0 fully saturated rings. The summed E-state index contributed by atoms with van der Waals surface area (Å²) < 4.78 is 0. The number of hydrogen-bond donors (Lipinski definition) is 0. The first kappa shape index (κ1) is 54.8. The normalized spacial score (nSPS) is 10.9. The van der Waals surface area contributed by atoms with Crippen LogP contribution in [0.1, 0.15) is 284 Å². The van der Waals surface area contributed by atoms with Crippen LogP contribution in [0.15, 0.2) is 0 Å². The molecule has 1 radical (unpaired) electrons. The van der Waals surface area contributed by atoms with Crippen LogP contribution in [0.3, 0.4) is 0 Å². The summed E-state index contributed by atoms with van der Waals surface area (Å²) >= 11 is 0. The van der Waals surface area contributed by atoms with Crippen molar-refractivity contribution >= 4 is 11.9 Å². The maximum Gasteiger partial charge on any atom is 2.00 e. The van der Waals surface area contributed by atoms with E-state index >= 15 is 0 Å². The van der Waals surface area contributed by atoms with Crippen molar-refractivity contribution in [3.8, 4) is 0 Å². The smallest absolute Gasteiger partial charge is 0.550 e. The summed E-state index contributed by atoms with van der Waals surface area (Å²) in [6, 6.07) is 0. The number of carbonyl (C=O) groups excluding carboxylic acids is 2. The van der Waals surface area contributed by atoms with Crippen LogP contribution in [0.5, 0.6) is 0 Å². The van der Waals surface area contributed by atoms with E-state index in [0.717, 1.165) is 25.7 Å². The van der Waals surface area contributed by atoms with Gasteiger partial charge in [-0.05, 0) is 25.7 Å². The standard InChI is InChI=1S/2C23H46O2.Co/c2*1-2-3-4-5-6-7-8-9-10-11-12-13-14-15-16-17-18-19-20-21-22-23(24)25;/h2*2-22H2,1H3,(H,24,25);/q;;+2/p-2. The Hall–Kier alpha value is -0.554. The second-order valence-electron chi connectivity index (χ2n) is 15.7. The third-order valence-electron chi connectivity index (χ3n) is 10.5. The fraction of sp³-hybridized carbons (Fsp3) is 0.957. The number of carboxylic acids is 2. The zero-order valence-electron chi connectivity index (χ0n) is 34.7. The van der Waals surface area contributed by atoms with Crippen molar-refractivity contribution in [2.45, 2.75) is 284 Å². The molecule has 0 atom stereocenters. The minimum atomic E-state index is -0.901. The van der Waals surface area contributed by atoms with Gasteiger partial charge < -0.3 is 19.8 Å². The fourth-order valence-corrected chi connectivity index (χ4v) is 7.05. The van der Waals surface area contributed by atoms with E-state index in [1.807, 2.05) is 0 Å². The van der Waals surface area contributed by atoms with Crippen molar-refractivity contribution < 1.29 is 36.6 Å². The van der Waals surface area contributed by atoms with Gasteiger partial charge in [-0.25, -0.2) is 0 Å². The Balaban J connectivity index is -0.000000886. The number of hydrogen-bond acceptors (Lipinski definition) is 4. The molecule has 0 rings (SSSR count). The Bertz CT molecular complexity index is 587. The molecule has 0 heterocycles. The van der Waals surface area contributed by atoms with Gasteiger partial charge in [0.25, 0.3) is 0 Å². The minimum absolute atomic E-state index is 0. The van der Waals surface area contributed by atoms with Gasteiger partial charge in [-0.3, -0.25) is 0 Å². The minimum Gasteiger partial charge on any atom is -0.550 e. The van der Waals surface area contributed by atoms with Gasteiger partial charge in [0.2, 0.25) is 0 Å². The summed E-state index contributed by atoms with van der Waals surface area (Å²) in [7, 11) is 0. The number of rotatable bonds is 42. The molecule has 5 heteroatoms. The first-order chi connectivity index (χ1) is 24.5. The Morgan fingerprint density at radius 2 is 0.373 bits per heavy atom. The molecule has 0 saturated carbocycles. The van der Waals surface area contributed by atoms with Crippen LogP contribution >= 0.6 is 0 Å². The fourth-order valence-electron chi connectivity index (χ4n) is 7.05. The molecule has 0 aromatic heterocycles. The largest absolute Gasteiger partial charge is 2.00 e. The molecule has 0 spiro atoms. The molecule has 0 amide bonds. The van der Waals surface area contributed by atoms with Gasteiger partial charge in [-0.1, -0.05) is 258 Å². The molecule has 307 valence electrons. The second-order valence-corrected chi connectivity index (χ2v) is 15.7. The molecule has 0 aromatic rings. The maximum atomic E-state index is 10.3. The number of carboxylic acid groups (broad SMARTS) is 2. The summed E-state index contributed by atoms with van der Waals surface area (Å²) in [4.78, 5) is 20.6. The third kappa shape index (κ3) is 59.0. The molecule has 0 aliphatic carbocycles. The molecule has 0 saturated heterocycles. The molecular formula is C46H90CoO4. The van der Waals surface area contributed by atoms with Crippen molar-refractivity contribution in [3.63, 3.8) is 0 Å². The Labute approximate surface area is 330 Å². The van der Waals surface area contributed by atoms with Crippen LogP contribution in [0.2, 0.25) is 0 Å². The van der Waals surface area contributed by atoms with E-state index in [9.17, 15) is 19.8 Å². The second kappa shape index (κ2) is 51.6. The van der Waals surface area contributed by atoms with E-state index in [1.54, 1.807) is 0 Å². The Morgan fingerprint density at radius 3 is 0.490 bits per heavy atom. The molecule has 0 aliphatic heterocycles. The van der Waals surface area contributed by atoms with E-state index in [1.165, 1.54) is 231 Å². The van der Waals surface area contributed by atoms with E-state index < -0.39 is 11.9 Å². The Kier molecular flexibility index (Phi) is 55.4. The zero-order valence-corrected chi connectivity index (χ0v) is 35.7. The molecule has 51 heavy (non-hydrogen) atoms.